The number of rotatable bonds is 5. The molecule has 2 heterocycles. The molecule has 138 valence electrons. The number of benzene rings is 1. The zero-order chi connectivity index (χ0) is 17.9. The Morgan fingerprint density at radius 1 is 1.28 bits per heavy atom. The van der Waals surface area contributed by atoms with Crippen molar-refractivity contribution in [1.29, 1.82) is 0 Å². The summed E-state index contributed by atoms with van der Waals surface area (Å²) in [7, 11) is -2.07. The lowest BCUT2D eigenvalue weighted by Gasteiger charge is -2.26. The zero-order valence-corrected chi connectivity index (χ0v) is 15.2. The number of hydrogen-bond donors (Lipinski definition) is 1. The third kappa shape index (κ3) is 3.96. The molecule has 1 N–H and O–H groups in total. The second kappa shape index (κ2) is 7.72. The van der Waals surface area contributed by atoms with Gasteiger partial charge in [-0.1, -0.05) is 6.42 Å². The standard InChI is InChI=1S/C17H24N2O5S/c1-23-16-6-5-14(25(21,22)19-8-3-2-4-9-19)11-15(16)18-17(20)13-7-10-24-12-13/h5-6,11,13H,2-4,7-10,12H2,1H3,(H,18,20)/t13-/m1/s1. The molecule has 0 unspecified atom stereocenters. The number of carbonyl (C=O) groups is 1. The van der Waals surface area contributed by atoms with Crippen LogP contribution in [0.1, 0.15) is 25.7 Å². The minimum absolute atomic E-state index is 0.174. The number of carbonyl (C=O) groups excluding carboxylic acids is 1. The van der Waals surface area contributed by atoms with Crippen molar-refractivity contribution in [2.24, 2.45) is 5.92 Å². The second-order valence-corrected chi connectivity index (χ2v) is 8.31. The Morgan fingerprint density at radius 2 is 2.04 bits per heavy atom. The van der Waals surface area contributed by atoms with E-state index in [2.05, 4.69) is 5.32 Å². The topological polar surface area (TPSA) is 84.9 Å². The molecule has 2 aliphatic heterocycles. The largest absolute Gasteiger partial charge is 0.495 e. The van der Waals surface area contributed by atoms with Crippen LogP contribution in [-0.2, 0) is 19.6 Å². The fourth-order valence-corrected chi connectivity index (χ4v) is 4.72. The lowest BCUT2D eigenvalue weighted by Crippen LogP contribution is -2.35. The van der Waals surface area contributed by atoms with Crippen LogP contribution in [0.5, 0.6) is 5.75 Å². The average molecular weight is 368 g/mol. The zero-order valence-electron chi connectivity index (χ0n) is 14.4. The van der Waals surface area contributed by atoms with Gasteiger partial charge in [-0.2, -0.15) is 4.31 Å². The van der Waals surface area contributed by atoms with Gasteiger partial charge in [-0.3, -0.25) is 4.79 Å². The first-order valence-corrected chi connectivity index (χ1v) is 10.0. The van der Waals surface area contributed by atoms with Crippen molar-refractivity contribution in [3.05, 3.63) is 18.2 Å². The van der Waals surface area contributed by atoms with Crippen LogP contribution in [-0.4, -0.2) is 52.0 Å². The summed E-state index contributed by atoms with van der Waals surface area (Å²) in [6, 6.07) is 4.59. The van der Waals surface area contributed by atoms with Crippen LogP contribution in [0.3, 0.4) is 0 Å². The number of ether oxygens (including phenoxy) is 2. The molecule has 0 aliphatic carbocycles. The minimum atomic E-state index is -3.56. The first kappa shape index (κ1) is 18.2. The van der Waals surface area contributed by atoms with E-state index in [1.165, 1.54) is 23.5 Å². The van der Waals surface area contributed by atoms with Gasteiger partial charge in [0.1, 0.15) is 5.75 Å². The predicted octanol–water partition coefficient (Wildman–Crippen LogP) is 1.84. The number of sulfonamides is 1. The Labute approximate surface area is 148 Å². The van der Waals surface area contributed by atoms with Crippen LogP contribution >= 0.6 is 0 Å². The van der Waals surface area contributed by atoms with Crippen LogP contribution < -0.4 is 10.1 Å². The number of anilines is 1. The molecular formula is C17H24N2O5S. The van der Waals surface area contributed by atoms with Crippen molar-refractivity contribution in [2.75, 3.05) is 38.7 Å². The van der Waals surface area contributed by atoms with E-state index in [-0.39, 0.29) is 16.7 Å². The van der Waals surface area contributed by atoms with Gasteiger partial charge in [0.05, 0.1) is 30.2 Å². The Bertz CT molecular complexity index is 723. The van der Waals surface area contributed by atoms with Crippen LogP contribution in [0.2, 0.25) is 0 Å². The fourth-order valence-electron chi connectivity index (χ4n) is 3.18. The van der Waals surface area contributed by atoms with E-state index in [1.807, 2.05) is 0 Å². The van der Waals surface area contributed by atoms with Crippen molar-refractivity contribution in [3.8, 4) is 5.75 Å². The summed E-state index contributed by atoms with van der Waals surface area (Å²) in [5.74, 6) is 0.0419. The first-order valence-electron chi connectivity index (χ1n) is 8.59. The number of nitrogens with one attached hydrogen (secondary N) is 1. The van der Waals surface area contributed by atoms with Gasteiger partial charge < -0.3 is 14.8 Å². The number of methoxy groups -OCH3 is 1. The van der Waals surface area contributed by atoms with Gasteiger partial charge in [0, 0.05) is 19.7 Å². The third-order valence-electron chi connectivity index (χ3n) is 4.68. The van der Waals surface area contributed by atoms with Gasteiger partial charge in [-0.15, -0.1) is 0 Å². The maximum atomic E-state index is 12.8. The van der Waals surface area contributed by atoms with Gasteiger partial charge in [0.2, 0.25) is 15.9 Å². The molecule has 25 heavy (non-hydrogen) atoms. The predicted molar refractivity (Wildman–Crippen MR) is 93.2 cm³/mol. The van der Waals surface area contributed by atoms with E-state index >= 15 is 0 Å². The first-order chi connectivity index (χ1) is 12.0. The van der Waals surface area contributed by atoms with Crippen LogP contribution in [0.25, 0.3) is 0 Å². The van der Waals surface area contributed by atoms with Gasteiger partial charge in [-0.05, 0) is 37.5 Å². The average Bonchev–Trinajstić information content (AvgIpc) is 3.17. The fraction of sp³-hybridized carbons (Fsp3) is 0.588. The Morgan fingerprint density at radius 3 is 2.68 bits per heavy atom. The number of hydrogen-bond acceptors (Lipinski definition) is 5. The highest BCUT2D eigenvalue weighted by Crippen LogP contribution is 2.30. The summed E-state index contributed by atoms with van der Waals surface area (Å²) in [4.78, 5) is 12.5. The van der Waals surface area contributed by atoms with Crippen LogP contribution in [0.4, 0.5) is 5.69 Å². The smallest absolute Gasteiger partial charge is 0.243 e. The number of piperidine rings is 1. The Kier molecular flexibility index (Phi) is 5.61. The summed E-state index contributed by atoms with van der Waals surface area (Å²) < 4.78 is 37.7. The number of amides is 1. The highest BCUT2D eigenvalue weighted by Gasteiger charge is 2.28. The summed E-state index contributed by atoms with van der Waals surface area (Å²) in [6.07, 6.45) is 3.47. The molecule has 0 spiro atoms. The molecular weight excluding hydrogens is 344 g/mol. The molecule has 1 atom stereocenters. The monoisotopic (exact) mass is 368 g/mol. The molecule has 7 nitrogen and oxygen atoms in total. The van der Waals surface area contributed by atoms with Crippen molar-refractivity contribution in [3.63, 3.8) is 0 Å². The van der Waals surface area contributed by atoms with Crippen LogP contribution in [0, 0.1) is 5.92 Å². The van der Waals surface area contributed by atoms with E-state index in [0.717, 1.165) is 19.3 Å². The molecule has 0 saturated carbocycles. The van der Waals surface area contributed by atoms with Gasteiger partial charge in [-0.25, -0.2) is 8.42 Å². The van der Waals surface area contributed by atoms with E-state index < -0.39 is 10.0 Å². The molecule has 1 aromatic rings. The SMILES string of the molecule is COc1ccc(S(=O)(=O)N2CCCCC2)cc1NC(=O)[C@@H]1CCOC1. The second-order valence-electron chi connectivity index (χ2n) is 6.38. The molecule has 3 rings (SSSR count). The molecule has 1 amide bonds. The Balaban J connectivity index is 1.85. The lowest BCUT2D eigenvalue weighted by atomic mass is 10.1. The van der Waals surface area contributed by atoms with Crippen molar-refractivity contribution < 1.29 is 22.7 Å². The van der Waals surface area contributed by atoms with Crippen molar-refractivity contribution in [2.45, 2.75) is 30.6 Å². The van der Waals surface area contributed by atoms with E-state index in [1.54, 1.807) is 6.07 Å². The van der Waals surface area contributed by atoms with Gasteiger partial charge in [0.25, 0.3) is 0 Å². The summed E-state index contributed by atoms with van der Waals surface area (Å²) in [5.41, 5.74) is 0.373. The molecule has 0 aromatic heterocycles. The summed E-state index contributed by atoms with van der Waals surface area (Å²) >= 11 is 0. The Hall–Kier alpha value is -1.64. The van der Waals surface area contributed by atoms with Crippen LogP contribution in [0.15, 0.2) is 23.1 Å². The van der Waals surface area contributed by atoms with E-state index in [0.29, 0.717) is 44.2 Å². The molecule has 1 aromatic carbocycles. The molecule has 0 bridgehead atoms. The summed E-state index contributed by atoms with van der Waals surface area (Å²) in [6.45, 7) is 2.03. The number of nitrogens with zero attached hydrogens (tertiary/aromatic N) is 1. The highest BCUT2D eigenvalue weighted by atomic mass is 32.2. The lowest BCUT2D eigenvalue weighted by molar-refractivity contribution is -0.119. The maximum absolute atomic E-state index is 12.8. The summed E-state index contributed by atoms with van der Waals surface area (Å²) in [5, 5.41) is 2.79. The van der Waals surface area contributed by atoms with Gasteiger partial charge in [0.15, 0.2) is 0 Å². The van der Waals surface area contributed by atoms with E-state index in [9.17, 15) is 13.2 Å². The molecule has 0 radical (unpaired) electrons. The van der Waals surface area contributed by atoms with E-state index in [4.69, 9.17) is 9.47 Å². The molecule has 2 fully saturated rings. The molecule has 2 saturated heterocycles. The van der Waals surface area contributed by atoms with Gasteiger partial charge >= 0.3 is 0 Å². The quantitative estimate of drug-likeness (QED) is 0.857. The maximum Gasteiger partial charge on any atom is 0.243 e. The third-order valence-corrected chi connectivity index (χ3v) is 6.58. The molecule has 2 aliphatic rings. The minimum Gasteiger partial charge on any atom is -0.495 e. The molecule has 8 heteroatoms. The highest BCUT2D eigenvalue weighted by molar-refractivity contribution is 7.89. The normalized spacial score (nSPS) is 21.9. The van der Waals surface area contributed by atoms with Crippen molar-refractivity contribution in [1.82, 2.24) is 4.31 Å². The van der Waals surface area contributed by atoms with Crippen molar-refractivity contribution >= 4 is 21.6 Å².